The van der Waals surface area contributed by atoms with Gasteiger partial charge in [0.15, 0.2) is 5.16 Å². The maximum Gasteiger partial charge on any atom is 0.174 e. The van der Waals surface area contributed by atoms with Crippen molar-refractivity contribution in [2.45, 2.75) is 37.1 Å². The first-order valence-corrected chi connectivity index (χ1v) is 9.21. The number of nitrogens with zero attached hydrogens (tertiary/aromatic N) is 3. The third-order valence-corrected chi connectivity index (χ3v) is 5.44. The van der Waals surface area contributed by atoms with Crippen molar-refractivity contribution in [1.82, 2.24) is 14.5 Å². The minimum atomic E-state index is 0.814. The molecule has 2 aromatic heterocycles. The molecule has 0 spiro atoms. The Kier molecular flexibility index (Phi) is 4.02. The predicted molar refractivity (Wildman–Crippen MR) is 98.5 cm³/mol. The van der Waals surface area contributed by atoms with Gasteiger partial charge >= 0.3 is 0 Å². The number of pyridine rings is 1. The number of nitrogen functional groups attached to an aromatic ring is 1. The van der Waals surface area contributed by atoms with Crippen LogP contribution in [-0.4, -0.2) is 14.5 Å². The Morgan fingerprint density at radius 2 is 2.04 bits per heavy atom. The summed E-state index contributed by atoms with van der Waals surface area (Å²) < 4.78 is 2.25. The summed E-state index contributed by atoms with van der Waals surface area (Å²) in [6.45, 7) is 2.10. The number of aryl methyl sites for hydroxylation is 2. The smallest absolute Gasteiger partial charge is 0.174 e. The number of benzene rings is 1. The standard InChI is InChI=1S/C19H20N4S/c1-13-6-5-11-21-18(13)23-17-10-4-9-16(17)22-19(23)24-12-14-7-2-3-8-15(14)20/h2-3,5-8,11H,4,9-10,12,20H2,1H3. The Labute approximate surface area is 146 Å². The molecule has 3 aromatic rings. The fourth-order valence-electron chi connectivity index (χ4n) is 3.19. The zero-order valence-electron chi connectivity index (χ0n) is 13.7. The van der Waals surface area contributed by atoms with Gasteiger partial charge in [-0.3, -0.25) is 4.57 Å². The molecule has 0 fully saturated rings. The molecule has 1 aliphatic carbocycles. The second-order valence-corrected chi connectivity index (χ2v) is 7.05. The molecule has 1 aromatic carbocycles. The summed E-state index contributed by atoms with van der Waals surface area (Å²) in [6.07, 6.45) is 5.18. The van der Waals surface area contributed by atoms with Gasteiger partial charge in [-0.1, -0.05) is 36.0 Å². The number of thioether (sulfide) groups is 1. The molecule has 2 N–H and O–H groups in total. The van der Waals surface area contributed by atoms with Crippen molar-refractivity contribution < 1.29 is 0 Å². The fraction of sp³-hybridized carbons (Fsp3) is 0.263. The van der Waals surface area contributed by atoms with E-state index in [1.807, 2.05) is 30.5 Å². The molecule has 1 aliphatic rings. The minimum absolute atomic E-state index is 0.814. The van der Waals surface area contributed by atoms with Crippen molar-refractivity contribution in [3.63, 3.8) is 0 Å². The van der Waals surface area contributed by atoms with Crippen LogP contribution in [0.15, 0.2) is 47.8 Å². The summed E-state index contributed by atoms with van der Waals surface area (Å²) >= 11 is 1.73. The van der Waals surface area contributed by atoms with Crippen LogP contribution in [0.1, 0.15) is 28.9 Å². The highest BCUT2D eigenvalue weighted by Crippen LogP contribution is 2.33. The summed E-state index contributed by atoms with van der Waals surface area (Å²) in [5.41, 5.74) is 11.8. The van der Waals surface area contributed by atoms with Crippen molar-refractivity contribution in [1.29, 1.82) is 0 Å². The number of imidazole rings is 1. The Hall–Kier alpha value is -2.27. The van der Waals surface area contributed by atoms with Crippen LogP contribution in [0.5, 0.6) is 0 Å². The van der Waals surface area contributed by atoms with Crippen LogP contribution in [-0.2, 0) is 18.6 Å². The van der Waals surface area contributed by atoms with Gasteiger partial charge in [-0.25, -0.2) is 9.97 Å². The number of nitrogens with two attached hydrogens (primary N) is 1. The molecule has 0 unspecified atom stereocenters. The first kappa shape index (κ1) is 15.3. The van der Waals surface area contributed by atoms with E-state index in [2.05, 4.69) is 28.6 Å². The lowest BCUT2D eigenvalue weighted by atomic mass is 10.2. The number of rotatable bonds is 4. The lowest BCUT2D eigenvalue weighted by Gasteiger charge is -2.12. The number of fused-ring (bicyclic) bond motifs is 1. The Morgan fingerprint density at radius 1 is 1.17 bits per heavy atom. The molecule has 4 nitrogen and oxygen atoms in total. The largest absolute Gasteiger partial charge is 0.398 e. The molecule has 0 saturated heterocycles. The maximum atomic E-state index is 6.08. The van der Waals surface area contributed by atoms with Crippen molar-refractivity contribution in [2.24, 2.45) is 0 Å². The highest BCUT2D eigenvalue weighted by atomic mass is 32.2. The van der Waals surface area contributed by atoms with Crippen LogP contribution >= 0.6 is 11.8 Å². The van der Waals surface area contributed by atoms with E-state index >= 15 is 0 Å². The number of hydrogen-bond donors (Lipinski definition) is 1. The lowest BCUT2D eigenvalue weighted by Crippen LogP contribution is -2.05. The van der Waals surface area contributed by atoms with Gasteiger partial charge in [0, 0.05) is 23.3 Å². The van der Waals surface area contributed by atoms with Crippen molar-refractivity contribution in [3.05, 3.63) is 65.1 Å². The average Bonchev–Trinajstić information content (AvgIpc) is 3.16. The van der Waals surface area contributed by atoms with E-state index in [0.29, 0.717) is 0 Å². The molecule has 4 rings (SSSR count). The zero-order chi connectivity index (χ0) is 16.5. The van der Waals surface area contributed by atoms with Crippen LogP contribution in [0.4, 0.5) is 5.69 Å². The van der Waals surface area contributed by atoms with Gasteiger partial charge in [0.1, 0.15) is 5.82 Å². The van der Waals surface area contributed by atoms with E-state index in [4.69, 9.17) is 10.7 Å². The van der Waals surface area contributed by atoms with Crippen LogP contribution in [0.3, 0.4) is 0 Å². The van der Waals surface area contributed by atoms with Crippen LogP contribution in [0.2, 0.25) is 0 Å². The topological polar surface area (TPSA) is 56.7 Å². The summed E-state index contributed by atoms with van der Waals surface area (Å²) in [7, 11) is 0. The van der Waals surface area contributed by atoms with E-state index in [1.165, 1.54) is 23.4 Å². The predicted octanol–water partition coefficient (Wildman–Crippen LogP) is 3.94. The van der Waals surface area contributed by atoms with Gasteiger partial charge in [-0.15, -0.1) is 0 Å². The summed E-state index contributed by atoms with van der Waals surface area (Å²) in [6, 6.07) is 12.1. The van der Waals surface area contributed by atoms with Gasteiger partial charge in [0.25, 0.3) is 0 Å². The highest BCUT2D eigenvalue weighted by Gasteiger charge is 2.24. The minimum Gasteiger partial charge on any atom is -0.398 e. The molecule has 0 bridgehead atoms. The second-order valence-electron chi connectivity index (χ2n) is 6.11. The maximum absolute atomic E-state index is 6.08. The monoisotopic (exact) mass is 336 g/mol. The Bertz CT molecular complexity index is 885. The van der Waals surface area contributed by atoms with E-state index in [9.17, 15) is 0 Å². The fourth-order valence-corrected chi connectivity index (χ4v) is 4.24. The van der Waals surface area contributed by atoms with E-state index < -0.39 is 0 Å². The van der Waals surface area contributed by atoms with E-state index in [0.717, 1.165) is 40.8 Å². The quantitative estimate of drug-likeness (QED) is 0.579. The molecule has 5 heteroatoms. The van der Waals surface area contributed by atoms with Crippen LogP contribution < -0.4 is 5.73 Å². The molecule has 24 heavy (non-hydrogen) atoms. The third-order valence-electron chi connectivity index (χ3n) is 4.46. The molecular weight excluding hydrogens is 316 g/mol. The Morgan fingerprint density at radius 3 is 2.88 bits per heavy atom. The number of para-hydroxylation sites is 1. The lowest BCUT2D eigenvalue weighted by molar-refractivity contribution is 0.766. The Balaban J connectivity index is 1.71. The van der Waals surface area contributed by atoms with Crippen LogP contribution in [0.25, 0.3) is 5.82 Å². The summed E-state index contributed by atoms with van der Waals surface area (Å²) in [5, 5.41) is 1.02. The SMILES string of the molecule is Cc1cccnc1-n1c(SCc2ccccc2N)nc2c1CCC2. The summed E-state index contributed by atoms with van der Waals surface area (Å²) in [5.74, 6) is 1.81. The van der Waals surface area contributed by atoms with Gasteiger partial charge in [0.05, 0.1) is 5.69 Å². The zero-order valence-corrected chi connectivity index (χ0v) is 14.5. The molecule has 2 heterocycles. The summed E-state index contributed by atoms with van der Waals surface area (Å²) in [4.78, 5) is 9.51. The molecule has 0 aliphatic heterocycles. The van der Waals surface area contributed by atoms with Gasteiger partial charge < -0.3 is 5.73 Å². The molecule has 0 radical (unpaired) electrons. The van der Waals surface area contributed by atoms with E-state index in [-0.39, 0.29) is 0 Å². The highest BCUT2D eigenvalue weighted by molar-refractivity contribution is 7.98. The first-order chi connectivity index (χ1) is 11.7. The van der Waals surface area contributed by atoms with Gasteiger partial charge in [0.2, 0.25) is 0 Å². The van der Waals surface area contributed by atoms with Gasteiger partial charge in [-0.05, 0) is 49.4 Å². The van der Waals surface area contributed by atoms with E-state index in [1.54, 1.807) is 11.8 Å². The molecule has 0 atom stereocenters. The molecule has 0 saturated carbocycles. The molecular formula is C19H20N4S. The number of hydrogen-bond acceptors (Lipinski definition) is 4. The van der Waals surface area contributed by atoms with Crippen molar-refractivity contribution in [2.75, 3.05) is 5.73 Å². The first-order valence-electron chi connectivity index (χ1n) is 8.22. The third kappa shape index (κ3) is 2.69. The molecule has 0 amide bonds. The van der Waals surface area contributed by atoms with Crippen LogP contribution in [0, 0.1) is 6.92 Å². The van der Waals surface area contributed by atoms with Crippen molar-refractivity contribution >= 4 is 17.4 Å². The number of anilines is 1. The van der Waals surface area contributed by atoms with Gasteiger partial charge in [-0.2, -0.15) is 0 Å². The average molecular weight is 336 g/mol. The second kappa shape index (κ2) is 6.32. The normalized spacial score (nSPS) is 13.2. The van der Waals surface area contributed by atoms with Crippen molar-refractivity contribution in [3.8, 4) is 5.82 Å². The molecule has 122 valence electrons. The number of aromatic nitrogens is 3.